The Morgan fingerprint density at radius 1 is 0.493 bits per heavy atom. The quantitative estimate of drug-likeness (QED) is 0.00844. The number of aliphatic hydroxyl groups is 1. The Morgan fingerprint density at radius 2 is 0.821 bits per heavy atom. The molecule has 1 aliphatic rings. The maximum Gasteiger partial charge on any atom is 0.435 e. The highest BCUT2D eigenvalue weighted by molar-refractivity contribution is 7.18. The van der Waals surface area contributed by atoms with Gasteiger partial charge in [0.1, 0.15) is 35.7 Å². The molecule has 13 rings (SSSR count). The minimum Gasteiger partial charge on any atom is -0.450 e. The minimum atomic E-state index is -4.94. The number of rotatable bonds is 29. The third-order valence-corrected chi connectivity index (χ3v) is 22.1. The van der Waals surface area contributed by atoms with Crippen molar-refractivity contribution in [3.63, 3.8) is 0 Å². The molecule has 1 unspecified atom stereocenters. The van der Waals surface area contributed by atoms with Gasteiger partial charge >= 0.3 is 73.7 Å². The number of hydrogen-bond acceptors (Lipinski definition) is 34. The Morgan fingerprint density at radius 3 is 1.17 bits per heavy atom. The molecule has 40 nitrogen and oxygen atoms in total. The molecule has 0 spiro atoms. The predicted molar refractivity (Wildman–Crippen MR) is 433 cm³/mol. The number of imidazole rings is 6. The zero-order valence-corrected chi connectivity index (χ0v) is 76.8. The lowest BCUT2D eigenvalue weighted by Gasteiger charge is -2.21. The lowest BCUT2D eigenvalue weighted by Crippen LogP contribution is -2.43. The van der Waals surface area contributed by atoms with Crippen molar-refractivity contribution < 1.29 is 176 Å². The van der Waals surface area contributed by atoms with E-state index in [0.29, 0.717) is 47.0 Å². The fraction of sp³-hybridized carbons (Fsp3) is 0.500. The number of alkyl carbamates (subject to hydrolysis) is 1. The average Bonchev–Trinajstić information content (AvgIpc) is 1.60. The number of fused-ring (bicyclic) bond motifs is 6. The average molecular weight is 2160 g/mol. The zero-order chi connectivity index (χ0) is 104. The number of azide groups is 1. The van der Waals surface area contributed by atoms with Gasteiger partial charge in [-0.15, -0.1) is 0 Å². The van der Waals surface area contributed by atoms with E-state index in [4.69, 9.17) is 49.5 Å². The molecule has 772 valence electrons. The van der Waals surface area contributed by atoms with Gasteiger partial charge in [0.15, 0.2) is 34.2 Å². The van der Waals surface area contributed by atoms with E-state index in [1.165, 1.54) is 56.5 Å². The molecule has 6 amide bonds. The van der Waals surface area contributed by atoms with Gasteiger partial charge in [-0.2, -0.15) is 145 Å². The smallest absolute Gasteiger partial charge is 0.435 e. The van der Waals surface area contributed by atoms with E-state index in [2.05, 4.69) is 80.6 Å². The van der Waals surface area contributed by atoms with Crippen molar-refractivity contribution in [1.82, 2.24) is 113 Å². The normalized spacial score (nSPS) is 13.6. The van der Waals surface area contributed by atoms with E-state index in [0.717, 1.165) is 106 Å². The van der Waals surface area contributed by atoms with Gasteiger partial charge in [0, 0.05) is 98.5 Å². The zero-order valence-electron chi connectivity index (χ0n) is 71.9. The fourth-order valence-electron chi connectivity index (χ4n) is 11.6. The van der Waals surface area contributed by atoms with Crippen LogP contribution in [0, 0.1) is 0 Å². The van der Waals surface area contributed by atoms with Crippen LogP contribution in [0.25, 0.3) is 40.2 Å². The number of nitrogens with one attached hydrogen (secondary N) is 2. The number of amides is 6. The van der Waals surface area contributed by atoms with E-state index in [9.17, 15) is 133 Å². The molecule has 1 saturated heterocycles. The largest absolute Gasteiger partial charge is 0.450 e. The Labute approximate surface area is 787 Å². The van der Waals surface area contributed by atoms with E-state index < -0.39 is 171 Å². The molecule has 12 aromatic rings. The van der Waals surface area contributed by atoms with Crippen LogP contribution >= 0.6 is 68.0 Å². The first-order valence-corrected chi connectivity index (χ1v) is 43.0. The van der Waals surface area contributed by atoms with Gasteiger partial charge < -0.3 is 63.9 Å². The lowest BCUT2D eigenvalue weighted by atomic mass is 10.2. The molecule has 1 atom stereocenters. The Balaban J connectivity index is 0.000000209. The number of nitrogens with zero attached hydrogens (tertiary/aromatic N) is 24. The second-order valence-electron chi connectivity index (χ2n) is 26.7. The molecule has 140 heavy (non-hydrogen) atoms. The number of methoxy groups -OCH3 is 6. The van der Waals surface area contributed by atoms with Crippen molar-refractivity contribution >= 4 is 122 Å². The molecule has 12 aromatic heterocycles. The second-order valence-corrected chi connectivity index (χ2v) is 33.0. The molecule has 1 fully saturated rings. The number of hydrogen-bond donors (Lipinski definition) is 4. The first-order chi connectivity index (χ1) is 65.4. The Kier molecular flexibility index (Phi) is 39.2. The Bertz CT molecular complexity index is 6240. The molecule has 13 heterocycles. The minimum absolute atomic E-state index is 0.0101. The standard InChI is InChI=1S/C16H17F6N5O4S.C16H16F5N5O4S.C12H12F6N4OS.C8H7F3N6OS.C8H9F3N4OS.C8H8F3N3O2S/c1-3-31-14(29)24-12(28)26(6-4-5-15(17,18)19)7-9-11(16(20,21)22)23-13-27(9)25-10(32-13)8-30-2;1-3-30-15(28)25-8(4-10(17)18)5-24(14(25)27)6-9-12(16(19,20)21)22-13-26(9)23-11(31-13)7-29-2;1-23-6-8-21-22-7(5-19-4-2-3-11(13,14)15)9(12(16,17)18)20-10(22)24-8;1-18-3-5-15-17-4(2-13-16-12)6(8(9,10)11)14-7(17)19-5;1-16-3-5-14-15-4(2-12)6(8(9,10)11)13-7(15)17-5;1-16-3-5-13-14-4(2-15)6(8(9,10)11)12-7(14)17-5/h4-5H,3,6-8H2,1-2H3,(H,24,28,29);4,8H,3,5-7H2,1-2H3;2-3,19H,4-6H2,1H3;2-3H2,1H3;2-3,12H2,1H3;15H,2-3H2,1H3/b5-4+;;3-2+;;;. The maximum atomic E-state index is 13.5. The summed E-state index contributed by atoms with van der Waals surface area (Å²) in [6, 6.07) is -3.75. The predicted octanol–water partition coefficient (Wildman–Crippen LogP) is 16.0. The summed E-state index contributed by atoms with van der Waals surface area (Å²) in [4.78, 5) is 74.1. The lowest BCUT2D eigenvalue weighted by molar-refractivity contribution is -0.142. The molecular formula is C68H69F26N27O13S6. The van der Waals surface area contributed by atoms with Crippen molar-refractivity contribution in [2.75, 3.05) is 75.5 Å². The molecular weight excluding hydrogens is 2090 g/mol. The van der Waals surface area contributed by atoms with Crippen LogP contribution in [0.2, 0.25) is 0 Å². The molecule has 72 heteroatoms. The summed E-state index contributed by atoms with van der Waals surface area (Å²) in [6.45, 7) is -1.47. The van der Waals surface area contributed by atoms with Crippen molar-refractivity contribution in [2.45, 2.75) is 148 Å². The summed E-state index contributed by atoms with van der Waals surface area (Å²) in [7, 11) is 8.54. The number of carbonyl (C=O) groups excluding carboxylic acids is 4. The summed E-state index contributed by atoms with van der Waals surface area (Å²) in [6.07, 6.45) is -40.4. The number of carbonyl (C=O) groups is 4. The van der Waals surface area contributed by atoms with E-state index in [-0.39, 0.29) is 142 Å². The van der Waals surface area contributed by atoms with Crippen molar-refractivity contribution in [3.05, 3.63) is 145 Å². The third-order valence-electron chi connectivity index (χ3n) is 16.8. The highest BCUT2D eigenvalue weighted by atomic mass is 32.1. The molecule has 0 aromatic carbocycles. The number of halogens is 26. The van der Waals surface area contributed by atoms with Gasteiger partial charge in [0.05, 0.1) is 114 Å². The first kappa shape index (κ1) is 114. The monoisotopic (exact) mass is 2160 g/mol. The fourth-order valence-corrected chi connectivity index (χ4v) is 16.9. The SMILES string of the molecule is CCOC(=O)N1C(=O)N(Cc2c(C(F)(F)F)nc3sc(COC)nn23)CC1C=C(F)F.CCOC(=O)NC(=O)N(C/C=C/C(F)(F)F)Cc1c(C(F)(F)F)nc2sc(COC)nn12.COCc1nn2c(CN)c(C(F)(F)F)nc2s1.COCc1nn2c(CN=[N+]=[N-])c(C(F)(F)F)nc2s1.COCc1nn2c(CNC/C=C/C(F)(F)F)c(C(F)(F)F)nc2s1.COCc1nn2c(CO)c(C(F)(F)F)nc2s1. The molecule has 0 saturated carbocycles. The summed E-state index contributed by atoms with van der Waals surface area (Å²) >= 11 is 5.65. The second kappa shape index (κ2) is 48.3. The Hall–Kier alpha value is -11.6. The summed E-state index contributed by atoms with van der Waals surface area (Å²) in [5.41, 5.74) is 4.55. The van der Waals surface area contributed by atoms with Gasteiger partial charge in [-0.05, 0) is 19.4 Å². The number of imide groups is 2. The van der Waals surface area contributed by atoms with Crippen LogP contribution in [0.3, 0.4) is 0 Å². The van der Waals surface area contributed by atoms with Crippen LogP contribution in [-0.4, -0.2) is 226 Å². The van der Waals surface area contributed by atoms with Crippen molar-refractivity contribution in [2.24, 2.45) is 10.8 Å². The van der Waals surface area contributed by atoms with Gasteiger partial charge in [0.2, 0.25) is 29.8 Å². The van der Waals surface area contributed by atoms with Crippen LogP contribution in [0.5, 0.6) is 0 Å². The molecule has 5 N–H and O–H groups in total. The highest BCUT2D eigenvalue weighted by Gasteiger charge is 2.48. The number of alkyl halides is 24. The van der Waals surface area contributed by atoms with E-state index >= 15 is 0 Å². The first-order valence-electron chi connectivity index (χ1n) is 38.1. The number of nitrogens with two attached hydrogens (primary N) is 1. The number of urea groups is 2. The van der Waals surface area contributed by atoms with E-state index in [1.807, 2.05) is 0 Å². The van der Waals surface area contributed by atoms with Gasteiger partial charge in [0.25, 0.3) is 6.08 Å². The van der Waals surface area contributed by atoms with Crippen molar-refractivity contribution in [3.8, 4) is 0 Å². The van der Waals surface area contributed by atoms with Crippen LogP contribution in [0.15, 0.2) is 41.6 Å². The molecule has 0 aliphatic carbocycles. The molecule has 0 bridgehead atoms. The number of allylic oxidation sites excluding steroid dienone is 2. The van der Waals surface area contributed by atoms with Crippen LogP contribution in [0.4, 0.5) is 133 Å². The highest BCUT2D eigenvalue weighted by Crippen LogP contribution is 2.41. The molecule has 0 radical (unpaired) electrons. The van der Waals surface area contributed by atoms with Gasteiger partial charge in [-0.3, -0.25) is 0 Å². The number of ether oxygens (including phenoxy) is 8. The number of aromatic nitrogens is 18. The maximum absolute atomic E-state index is 13.5. The third kappa shape index (κ3) is 30.2. The summed E-state index contributed by atoms with van der Waals surface area (Å²) < 4.78 is 377. The molecule has 1 aliphatic heterocycles. The van der Waals surface area contributed by atoms with E-state index in [1.54, 1.807) is 5.32 Å². The number of aliphatic hydroxyl groups excluding tert-OH is 1. The summed E-state index contributed by atoms with van der Waals surface area (Å²) in [5.74, 6) is 0. The topological polar surface area (TPSA) is 452 Å². The summed E-state index contributed by atoms with van der Waals surface area (Å²) in [5, 5.41) is 42.8. The van der Waals surface area contributed by atoms with Gasteiger partial charge in [-0.25, -0.2) is 86.4 Å². The van der Waals surface area contributed by atoms with Crippen molar-refractivity contribution in [1.29, 1.82) is 0 Å². The van der Waals surface area contributed by atoms with Gasteiger partial charge in [-0.1, -0.05) is 85.3 Å². The van der Waals surface area contributed by atoms with Crippen LogP contribution in [0.1, 0.15) is 112 Å². The van der Waals surface area contributed by atoms with Crippen LogP contribution in [-0.2, 0) is 154 Å². The van der Waals surface area contributed by atoms with Crippen LogP contribution < -0.4 is 16.4 Å².